The molecule has 4 heteroatoms. The SMILES string of the molecule is COc1ccc(Cl)cc1NCC1(SC)CCC1. The van der Waals surface area contributed by atoms with E-state index in [1.807, 2.05) is 30.0 Å². The Balaban J connectivity index is 2.05. The van der Waals surface area contributed by atoms with E-state index < -0.39 is 0 Å². The molecule has 0 spiro atoms. The topological polar surface area (TPSA) is 21.3 Å². The second-order valence-corrected chi connectivity index (χ2v) is 6.15. The molecule has 0 radical (unpaired) electrons. The van der Waals surface area contributed by atoms with Gasteiger partial charge in [-0.25, -0.2) is 0 Å². The van der Waals surface area contributed by atoms with Crippen molar-refractivity contribution in [1.82, 2.24) is 0 Å². The minimum Gasteiger partial charge on any atom is -0.495 e. The zero-order valence-electron chi connectivity index (χ0n) is 10.3. The van der Waals surface area contributed by atoms with Crippen molar-refractivity contribution in [1.29, 1.82) is 0 Å². The zero-order chi connectivity index (χ0) is 12.3. The molecule has 2 rings (SSSR count). The maximum Gasteiger partial charge on any atom is 0.142 e. The smallest absolute Gasteiger partial charge is 0.142 e. The highest BCUT2D eigenvalue weighted by molar-refractivity contribution is 8.00. The lowest BCUT2D eigenvalue weighted by Gasteiger charge is -2.40. The maximum absolute atomic E-state index is 6.00. The van der Waals surface area contributed by atoms with E-state index in [2.05, 4.69) is 11.6 Å². The van der Waals surface area contributed by atoms with Crippen LogP contribution in [-0.4, -0.2) is 24.7 Å². The van der Waals surface area contributed by atoms with Gasteiger partial charge in [-0.2, -0.15) is 11.8 Å². The minimum absolute atomic E-state index is 0.410. The van der Waals surface area contributed by atoms with Crippen LogP contribution in [0.15, 0.2) is 18.2 Å². The van der Waals surface area contributed by atoms with Crippen LogP contribution in [0.25, 0.3) is 0 Å². The molecule has 0 unspecified atom stereocenters. The van der Waals surface area contributed by atoms with Crippen molar-refractivity contribution in [2.75, 3.05) is 25.2 Å². The molecule has 0 aliphatic heterocycles. The number of thioether (sulfide) groups is 1. The third-order valence-corrected chi connectivity index (χ3v) is 5.11. The van der Waals surface area contributed by atoms with E-state index in [0.717, 1.165) is 23.0 Å². The molecular formula is C13H18ClNOS. The Morgan fingerprint density at radius 2 is 2.24 bits per heavy atom. The number of halogens is 1. The molecule has 1 aromatic carbocycles. The number of hydrogen-bond acceptors (Lipinski definition) is 3. The summed E-state index contributed by atoms with van der Waals surface area (Å²) in [5.74, 6) is 0.852. The van der Waals surface area contributed by atoms with Crippen LogP contribution in [0.1, 0.15) is 19.3 Å². The lowest BCUT2D eigenvalue weighted by Crippen LogP contribution is -2.40. The van der Waals surface area contributed by atoms with E-state index >= 15 is 0 Å². The molecule has 0 saturated heterocycles. The van der Waals surface area contributed by atoms with Crippen molar-refractivity contribution < 1.29 is 4.74 Å². The van der Waals surface area contributed by atoms with E-state index in [4.69, 9.17) is 16.3 Å². The van der Waals surface area contributed by atoms with Gasteiger partial charge in [0.2, 0.25) is 0 Å². The molecule has 1 aromatic rings. The summed E-state index contributed by atoms with van der Waals surface area (Å²) in [5, 5.41) is 4.20. The maximum atomic E-state index is 6.00. The molecule has 0 amide bonds. The third-order valence-electron chi connectivity index (χ3n) is 3.46. The van der Waals surface area contributed by atoms with Gasteiger partial charge in [0.1, 0.15) is 5.75 Å². The van der Waals surface area contributed by atoms with Crippen molar-refractivity contribution in [3.05, 3.63) is 23.2 Å². The second kappa shape index (κ2) is 5.40. The van der Waals surface area contributed by atoms with E-state index in [1.165, 1.54) is 19.3 Å². The largest absolute Gasteiger partial charge is 0.495 e. The standard InChI is InChI=1S/C13H18ClNOS/c1-16-12-5-4-10(14)8-11(12)15-9-13(17-2)6-3-7-13/h4-5,8,15H,3,6-7,9H2,1-2H3. The van der Waals surface area contributed by atoms with Crippen LogP contribution in [0.5, 0.6) is 5.75 Å². The highest BCUT2D eigenvalue weighted by Gasteiger charge is 2.35. The van der Waals surface area contributed by atoms with E-state index in [-0.39, 0.29) is 0 Å². The van der Waals surface area contributed by atoms with Gasteiger partial charge in [0.25, 0.3) is 0 Å². The summed E-state index contributed by atoms with van der Waals surface area (Å²) in [4.78, 5) is 0. The fraction of sp³-hybridized carbons (Fsp3) is 0.538. The Kier molecular flexibility index (Phi) is 4.10. The van der Waals surface area contributed by atoms with Gasteiger partial charge in [0, 0.05) is 16.3 Å². The van der Waals surface area contributed by atoms with Gasteiger partial charge >= 0.3 is 0 Å². The molecule has 0 bridgehead atoms. The molecule has 17 heavy (non-hydrogen) atoms. The Labute approximate surface area is 112 Å². The highest BCUT2D eigenvalue weighted by atomic mass is 35.5. The monoisotopic (exact) mass is 271 g/mol. The van der Waals surface area contributed by atoms with Gasteiger partial charge in [-0.3, -0.25) is 0 Å². The average molecular weight is 272 g/mol. The minimum atomic E-state index is 0.410. The van der Waals surface area contributed by atoms with Crippen LogP contribution < -0.4 is 10.1 Å². The van der Waals surface area contributed by atoms with Gasteiger partial charge in [-0.1, -0.05) is 18.0 Å². The summed E-state index contributed by atoms with van der Waals surface area (Å²) >= 11 is 7.96. The molecule has 0 heterocycles. The van der Waals surface area contributed by atoms with Crippen molar-refractivity contribution >= 4 is 29.1 Å². The predicted molar refractivity (Wildman–Crippen MR) is 76.6 cm³/mol. The molecule has 1 aliphatic rings. The fourth-order valence-corrected chi connectivity index (χ4v) is 3.18. The van der Waals surface area contributed by atoms with Crippen LogP contribution in [0.2, 0.25) is 5.02 Å². The number of rotatable bonds is 5. The summed E-state index contributed by atoms with van der Waals surface area (Å²) < 4.78 is 5.73. The highest BCUT2D eigenvalue weighted by Crippen LogP contribution is 2.43. The summed E-state index contributed by atoms with van der Waals surface area (Å²) in [5.41, 5.74) is 0.986. The molecule has 94 valence electrons. The van der Waals surface area contributed by atoms with E-state index in [1.54, 1.807) is 7.11 Å². The lowest BCUT2D eigenvalue weighted by atomic mass is 9.84. The van der Waals surface area contributed by atoms with Crippen LogP contribution in [0, 0.1) is 0 Å². The number of ether oxygens (including phenoxy) is 1. The molecule has 1 fully saturated rings. The molecule has 0 atom stereocenters. The Bertz CT molecular complexity index is 387. The number of hydrogen-bond donors (Lipinski definition) is 1. The van der Waals surface area contributed by atoms with Crippen molar-refractivity contribution in [3.8, 4) is 5.75 Å². The van der Waals surface area contributed by atoms with E-state index in [0.29, 0.717) is 4.75 Å². The molecular weight excluding hydrogens is 254 g/mol. The number of anilines is 1. The lowest BCUT2D eigenvalue weighted by molar-refractivity contribution is 0.378. The van der Waals surface area contributed by atoms with E-state index in [9.17, 15) is 0 Å². The normalized spacial score (nSPS) is 17.4. The van der Waals surface area contributed by atoms with Crippen LogP contribution in [-0.2, 0) is 0 Å². The number of benzene rings is 1. The van der Waals surface area contributed by atoms with Crippen molar-refractivity contribution in [2.24, 2.45) is 0 Å². The first kappa shape index (κ1) is 12.9. The van der Waals surface area contributed by atoms with Gasteiger partial charge in [-0.15, -0.1) is 0 Å². The second-order valence-electron chi connectivity index (χ2n) is 4.44. The summed E-state index contributed by atoms with van der Waals surface area (Å²) in [6.07, 6.45) is 6.12. The van der Waals surface area contributed by atoms with Crippen molar-refractivity contribution in [3.63, 3.8) is 0 Å². The first-order valence-electron chi connectivity index (χ1n) is 5.82. The Morgan fingerprint density at radius 3 is 2.76 bits per heavy atom. The molecule has 2 nitrogen and oxygen atoms in total. The molecule has 0 aromatic heterocycles. The van der Waals surface area contributed by atoms with Crippen LogP contribution in [0.4, 0.5) is 5.69 Å². The summed E-state index contributed by atoms with van der Waals surface area (Å²) in [6.45, 7) is 0.977. The van der Waals surface area contributed by atoms with Gasteiger partial charge in [0.15, 0.2) is 0 Å². The summed E-state index contributed by atoms with van der Waals surface area (Å²) in [6, 6.07) is 5.67. The first-order chi connectivity index (χ1) is 8.19. The van der Waals surface area contributed by atoms with Gasteiger partial charge in [0.05, 0.1) is 12.8 Å². The zero-order valence-corrected chi connectivity index (χ0v) is 11.8. The summed E-state index contributed by atoms with van der Waals surface area (Å²) in [7, 11) is 1.68. The average Bonchev–Trinajstić information content (AvgIpc) is 2.28. The van der Waals surface area contributed by atoms with Gasteiger partial charge in [-0.05, 0) is 37.3 Å². The van der Waals surface area contributed by atoms with Gasteiger partial charge < -0.3 is 10.1 Å². The Hall–Kier alpha value is -0.540. The predicted octanol–water partition coefficient (Wildman–Crippen LogP) is 4.05. The molecule has 1 saturated carbocycles. The first-order valence-corrected chi connectivity index (χ1v) is 7.42. The number of methoxy groups -OCH3 is 1. The quantitative estimate of drug-likeness (QED) is 0.873. The third kappa shape index (κ3) is 2.83. The fourth-order valence-electron chi connectivity index (χ4n) is 2.10. The Morgan fingerprint density at radius 1 is 1.47 bits per heavy atom. The van der Waals surface area contributed by atoms with Crippen LogP contribution in [0.3, 0.4) is 0 Å². The molecule has 1 aliphatic carbocycles. The number of nitrogens with one attached hydrogen (secondary N) is 1. The molecule has 1 N–H and O–H groups in total. The van der Waals surface area contributed by atoms with Crippen molar-refractivity contribution in [2.45, 2.75) is 24.0 Å². The van der Waals surface area contributed by atoms with Crippen LogP contribution >= 0.6 is 23.4 Å².